The number of allylic oxidation sites excluding steroid dienone is 1. The van der Waals surface area contributed by atoms with Gasteiger partial charge in [0.2, 0.25) is 0 Å². The fraction of sp³-hybridized carbons (Fsp3) is 0.231. The molecule has 0 N–H and O–H groups in total. The Hall–Kier alpha value is -1.90. The largest absolute Gasteiger partial charge is 0.465 e. The zero-order chi connectivity index (χ0) is 11.4. The van der Waals surface area contributed by atoms with E-state index in [-0.39, 0.29) is 5.97 Å². The maximum absolute atomic E-state index is 11.2. The van der Waals surface area contributed by atoms with Crippen LogP contribution in [0.25, 0.3) is 5.57 Å². The highest BCUT2D eigenvalue weighted by Crippen LogP contribution is 2.18. The summed E-state index contributed by atoms with van der Waals surface area (Å²) < 4.78 is 4.64. The number of aliphatic imine (C=N–C) groups is 1. The molecule has 0 saturated carbocycles. The van der Waals surface area contributed by atoms with Gasteiger partial charge in [0, 0.05) is 12.6 Å². The molecule has 1 aromatic rings. The third kappa shape index (κ3) is 2.19. The Balaban J connectivity index is 2.19. The van der Waals surface area contributed by atoms with E-state index in [1.54, 1.807) is 12.1 Å². The number of dihydropyridines is 1. The van der Waals surface area contributed by atoms with Gasteiger partial charge in [-0.25, -0.2) is 4.79 Å². The summed E-state index contributed by atoms with van der Waals surface area (Å²) in [4.78, 5) is 15.5. The Morgan fingerprint density at radius 1 is 1.31 bits per heavy atom. The van der Waals surface area contributed by atoms with Crippen molar-refractivity contribution in [3.8, 4) is 0 Å². The average molecular weight is 215 g/mol. The first-order valence-corrected chi connectivity index (χ1v) is 5.17. The lowest BCUT2D eigenvalue weighted by molar-refractivity contribution is 0.0601. The number of hydrogen-bond donors (Lipinski definition) is 0. The van der Waals surface area contributed by atoms with Crippen molar-refractivity contribution in [1.29, 1.82) is 0 Å². The second-order valence-electron chi connectivity index (χ2n) is 3.56. The maximum Gasteiger partial charge on any atom is 0.337 e. The molecule has 3 nitrogen and oxygen atoms in total. The van der Waals surface area contributed by atoms with Crippen molar-refractivity contribution in [1.82, 2.24) is 0 Å². The van der Waals surface area contributed by atoms with Crippen LogP contribution in [0.4, 0.5) is 0 Å². The Bertz CT molecular complexity index is 444. The Morgan fingerprint density at radius 2 is 2.06 bits per heavy atom. The van der Waals surface area contributed by atoms with Gasteiger partial charge in [-0.3, -0.25) is 4.99 Å². The molecule has 1 aromatic carbocycles. The maximum atomic E-state index is 11.2. The number of esters is 1. The van der Waals surface area contributed by atoms with Crippen molar-refractivity contribution in [2.75, 3.05) is 13.7 Å². The summed E-state index contributed by atoms with van der Waals surface area (Å²) in [5.74, 6) is -0.304. The summed E-state index contributed by atoms with van der Waals surface area (Å²) in [7, 11) is 1.38. The monoisotopic (exact) mass is 215 g/mol. The van der Waals surface area contributed by atoms with Crippen LogP contribution in [0.5, 0.6) is 0 Å². The van der Waals surface area contributed by atoms with Gasteiger partial charge >= 0.3 is 5.97 Å². The predicted molar refractivity (Wildman–Crippen MR) is 63.7 cm³/mol. The quantitative estimate of drug-likeness (QED) is 0.710. The molecular formula is C13H13NO2. The van der Waals surface area contributed by atoms with Crippen LogP contribution in [-0.2, 0) is 4.74 Å². The van der Waals surface area contributed by atoms with Gasteiger partial charge in [-0.1, -0.05) is 18.2 Å². The second kappa shape index (κ2) is 4.75. The lowest BCUT2D eigenvalue weighted by Gasteiger charge is -2.08. The number of methoxy groups -OCH3 is 1. The Kier molecular flexibility index (Phi) is 3.15. The van der Waals surface area contributed by atoms with Crippen molar-refractivity contribution in [2.24, 2.45) is 4.99 Å². The number of carbonyl (C=O) groups is 1. The van der Waals surface area contributed by atoms with E-state index in [2.05, 4.69) is 15.8 Å². The van der Waals surface area contributed by atoms with Gasteiger partial charge in [0.1, 0.15) is 0 Å². The van der Waals surface area contributed by atoms with Gasteiger partial charge in [0.05, 0.1) is 19.2 Å². The van der Waals surface area contributed by atoms with Crippen molar-refractivity contribution in [3.05, 3.63) is 41.5 Å². The van der Waals surface area contributed by atoms with Crippen LogP contribution in [0, 0.1) is 0 Å². The minimum atomic E-state index is -0.304. The van der Waals surface area contributed by atoms with Crippen LogP contribution >= 0.6 is 0 Å². The molecule has 0 spiro atoms. The number of benzene rings is 1. The molecule has 2 rings (SSSR count). The summed E-state index contributed by atoms with van der Waals surface area (Å²) in [5, 5.41) is 0. The van der Waals surface area contributed by atoms with Crippen molar-refractivity contribution >= 4 is 17.8 Å². The predicted octanol–water partition coefficient (Wildman–Crippen LogP) is 2.33. The Labute approximate surface area is 94.5 Å². The highest BCUT2D eigenvalue weighted by molar-refractivity contribution is 5.89. The molecule has 0 saturated heterocycles. The highest BCUT2D eigenvalue weighted by Gasteiger charge is 2.07. The standard InChI is InChI=1S/C13H13NO2/c1-16-13(15)11-6-4-10(5-7-11)12-3-2-8-14-9-12/h3-8H,2,9H2,1H3. The van der Waals surface area contributed by atoms with Crippen LogP contribution in [-0.4, -0.2) is 25.8 Å². The molecule has 0 unspecified atom stereocenters. The van der Waals surface area contributed by atoms with E-state index in [0.717, 1.165) is 18.5 Å². The fourth-order valence-electron chi connectivity index (χ4n) is 1.64. The summed E-state index contributed by atoms with van der Waals surface area (Å²) in [6, 6.07) is 7.42. The smallest absolute Gasteiger partial charge is 0.337 e. The van der Waals surface area contributed by atoms with Crippen molar-refractivity contribution in [2.45, 2.75) is 6.42 Å². The van der Waals surface area contributed by atoms with Gasteiger partial charge in [-0.05, 0) is 23.3 Å². The molecule has 3 heteroatoms. The minimum absolute atomic E-state index is 0.304. The summed E-state index contributed by atoms with van der Waals surface area (Å²) in [6.07, 6.45) is 4.94. The number of carbonyl (C=O) groups excluding carboxylic acids is 1. The molecule has 0 aromatic heterocycles. The molecule has 0 radical (unpaired) electrons. The SMILES string of the molecule is COC(=O)c1ccc(C2=CCC=NC2)cc1. The van der Waals surface area contributed by atoms with E-state index < -0.39 is 0 Å². The third-order valence-corrected chi connectivity index (χ3v) is 2.54. The molecule has 1 aliphatic rings. The van der Waals surface area contributed by atoms with Crippen LogP contribution < -0.4 is 0 Å². The number of nitrogens with zero attached hydrogens (tertiary/aromatic N) is 1. The normalized spacial score (nSPS) is 14.4. The van der Waals surface area contributed by atoms with E-state index in [1.807, 2.05) is 18.3 Å². The molecule has 1 heterocycles. The number of ether oxygens (including phenoxy) is 1. The lowest BCUT2D eigenvalue weighted by atomic mass is 10.0. The molecule has 0 aliphatic carbocycles. The first-order valence-electron chi connectivity index (χ1n) is 5.17. The van der Waals surface area contributed by atoms with Gasteiger partial charge in [0.15, 0.2) is 0 Å². The molecule has 1 aliphatic heterocycles. The second-order valence-corrected chi connectivity index (χ2v) is 3.56. The van der Waals surface area contributed by atoms with Crippen LogP contribution in [0.2, 0.25) is 0 Å². The van der Waals surface area contributed by atoms with Gasteiger partial charge in [-0.15, -0.1) is 0 Å². The van der Waals surface area contributed by atoms with E-state index in [4.69, 9.17) is 0 Å². The van der Waals surface area contributed by atoms with Gasteiger partial charge in [0.25, 0.3) is 0 Å². The molecule has 0 amide bonds. The Morgan fingerprint density at radius 3 is 2.62 bits per heavy atom. The molecular weight excluding hydrogens is 202 g/mol. The molecule has 82 valence electrons. The lowest BCUT2D eigenvalue weighted by Crippen LogP contribution is -2.01. The summed E-state index contributed by atoms with van der Waals surface area (Å²) in [5.41, 5.74) is 2.90. The first kappa shape index (κ1) is 10.6. The molecule has 0 fully saturated rings. The highest BCUT2D eigenvalue weighted by atomic mass is 16.5. The van der Waals surface area contributed by atoms with Crippen LogP contribution in [0.15, 0.2) is 35.3 Å². The van der Waals surface area contributed by atoms with Crippen molar-refractivity contribution in [3.63, 3.8) is 0 Å². The van der Waals surface area contributed by atoms with E-state index >= 15 is 0 Å². The van der Waals surface area contributed by atoms with Crippen LogP contribution in [0.1, 0.15) is 22.3 Å². The third-order valence-electron chi connectivity index (χ3n) is 2.54. The first-order chi connectivity index (χ1) is 7.81. The van der Waals surface area contributed by atoms with Crippen molar-refractivity contribution < 1.29 is 9.53 Å². The molecule has 16 heavy (non-hydrogen) atoms. The molecule has 0 bridgehead atoms. The van der Waals surface area contributed by atoms with Crippen LogP contribution in [0.3, 0.4) is 0 Å². The van der Waals surface area contributed by atoms with Gasteiger partial charge in [-0.2, -0.15) is 0 Å². The number of hydrogen-bond acceptors (Lipinski definition) is 3. The zero-order valence-corrected chi connectivity index (χ0v) is 9.14. The van der Waals surface area contributed by atoms with E-state index in [0.29, 0.717) is 5.56 Å². The van der Waals surface area contributed by atoms with E-state index in [1.165, 1.54) is 12.7 Å². The van der Waals surface area contributed by atoms with E-state index in [9.17, 15) is 4.79 Å². The average Bonchev–Trinajstić information content (AvgIpc) is 2.39. The van der Waals surface area contributed by atoms with Gasteiger partial charge < -0.3 is 4.74 Å². The number of rotatable bonds is 2. The zero-order valence-electron chi connectivity index (χ0n) is 9.14. The summed E-state index contributed by atoms with van der Waals surface area (Å²) >= 11 is 0. The minimum Gasteiger partial charge on any atom is -0.465 e. The topological polar surface area (TPSA) is 38.7 Å². The molecule has 0 atom stereocenters. The fourth-order valence-corrected chi connectivity index (χ4v) is 1.64. The summed E-state index contributed by atoms with van der Waals surface area (Å²) in [6.45, 7) is 0.720.